The van der Waals surface area contributed by atoms with E-state index in [0.717, 1.165) is 11.3 Å². The van der Waals surface area contributed by atoms with Gasteiger partial charge in [-0.15, -0.1) is 0 Å². The van der Waals surface area contributed by atoms with Crippen LogP contribution in [0.2, 0.25) is 0 Å². The van der Waals surface area contributed by atoms with Gasteiger partial charge in [0.2, 0.25) is 0 Å². The summed E-state index contributed by atoms with van der Waals surface area (Å²) in [6.45, 7) is 6.39. The Morgan fingerprint density at radius 1 is 0.900 bits per heavy atom. The molecule has 0 fully saturated rings. The summed E-state index contributed by atoms with van der Waals surface area (Å²) in [6.07, 6.45) is 0. The molecule has 0 N–H and O–H groups in total. The van der Waals surface area contributed by atoms with Gasteiger partial charge in [-0.3, -0.25) is 0 Å². The first-order valence-corrected chi connectivity index (χ1v) is 6.52. The minimum absolute atomic E-state index is 0.000249. The van der Waals surface area contributed by atoms with Gasteiger partial charge in [-0.1, -0.05) is 26.8 Å². The molecule has 0 aromatic heterocycles. The van der Waals surface area contributed by atoms with Crippen LogP contribution in [0.4, 0.5) is 4.39 Å². The molecule has 0 saturated heterocycles. The van der Waals surface area contributed by atoms with Crippen molar-refractivity contribution in [2.45, 2.75) is 26.2 Å². The molecule has 3 heteroatoms. The maximum atomic E-state index is 12.9. The number of halogens is 1. The third-order valence-corrected chi connectivity index (χ3v) is 3.03. The van der Waals surface area contributed by atoms with E-state index < -0.39 is 0 Å². The van der Waals surface area contributed by atoms with E-state index in [2.05, 4.69) is 20.8 Å². The van der Waals surface area contributed by atoms with Crippen LogP contribution in [0.3, 0.4) is 0 Å². The summed E-state index contributed by atoms with van der Waals surface area (Å²) in [5.74, 6) is 1.77. The average Bonchev–Trinajstić information content (AvgIpc) is 2.40. The summed E-state index contributed by atoms with van der Waals surface area (Å²) in [5, 5.41) is 0. The van der Waals surface area contributed by atoms with Gasteiger partial charge < -0.3 is 9.47 Å². The third-order valence-electron chi connectivity index (χ3n) is 3.03. The molecule has 2 rings (SSSR count). The molecule has 20 heavy (non-hydrogen) atoms. The molecule has 106 valence electrons. The molecule has 0 radical (unpaired) electrons. The maximum absolute atomic E-state index is 12.9. The van der Waals surface area contributed by atoms with E-state index in [4.69, 9.17) is 9.47 Å². The lowest BCUT2D eigenvalue weighted by atomic mass is 9.86. The Hall–Kier alpha value is -2.03. The molecule has 2 nitrogen and oxygen atoms in total. The van der Waals surface area contributed by atoms with E-state index in [9.17, 15) is 4.39 Å². The second kappa shape index (κ2) is 5.53. The van der Waals surface area contributed by atoms with Crippen LogP contribution in [0.5, 0.6) is 17.2 Å². The van der Waals surface area contributed by atoms with Crippen LogP contribution in [0.25, 0.3) is 0 Å². The highest BCUT2D eigenvalue weighted by atomic mass is 19.1. The lowest BCUT2D eigenvalue weighted by molar-refractivity contribution is 0.392. The Morgan fingerprint density at radius 3 is 2.05 bits per heavy atom. The summed E-state index contributed by atoms with van der Waals surface area (Å²) < 4.78 is 24.0. The van der Waals surface area contributed by atoms with Crippen LogP contribution in [-0.2, 0) is 5.41 Å². The zero-order valence-corrected chi connectivity index (χ0v) is 12.2. The molecule has 0 saturated carbocycles. The molecular weight excluding hydrogens is 255 g/mol. The minimum Gasteiger partial charge on any atom is -0.496 e. The van der Waals surface area contributed by atoms with Crippen LogP contribution in [0.1, 0.15) is 26.3 Å². The van der Waals surface area contributed by atoms with Crippen molar-refractivity contribution in [3.8, 4) is 17.2 Å². The van der Waals surface area contributed by atoms with Gasteiger partial charge in [0.1, 0.15) is 23.1 Å². The van der Waals surface area contributed by atoms with Gasteiger partial charge in [0.05, 0.1) is 7.11 Å². The van der Waals surface area contributed by atoms with Crippen LogP contribution in [0.15, 0.2) is 42.5 Å². The molecule has 0 aliphatic heterocycles. The van der Waals surface area contributed by atoms with Gasteiger partial charge in [-0.25, -0.2) is 4.39 Å². The van der Waals surface area contributed by atoms with Crippen molar-refractivity contribution >= 4 is 0 Å². The highest BCUT2D eigenvalue weighted by Gasteiger charge is 2.19. The molecule has 0 aliphatic carbocycles. The van der Waals surface area contributed by atoms with E-state index in [1.807, 2.05) is 18.2 Å². The van der Waals surface area contributed by atoms with Gasteiger partial charge in [0, 0.05) is 6.07 Å². The molecule has 0 bridgehead atoms. The Labute approximate surface area is 119 Å². The molecular formula is C17H19FO2. The number of ether oxygens (including phenoxy) is 2. The van der Waals surface area contributed by atoms with E-state index in [0.29, 0.717) is 11.5 Å². The van der Waals surface area contributed by atoms with Gasteiger partial charge in [-0.05, 0) is 41.3 Å². The fraction of sp³-hybridized carbons (Fsp3) is 0.294. The van der Waals surface area contributed by atoms with Gasteiger partial charge in [-0.2, -0.15) is 0 Å². The van der Waals surface area contributed by atoms with Crippen LogP contribution in [-0.4, -0.2) is 7.11 Å². The highest BCUT2D eigenvalue weighted by molar-refractivity contribution is 5.45. The smallest absolute Gasteiger partial charge is 0.131 e. The number of hydrogen-bond acceptors (Lipinski definition) is 2. The van der Waals surface area contributed by atoms with E-state index in [1.54, 1.807) is 19.2 Å². The summed E-state index contributed by atoms with van der Waals surface area (Å²) in [6, 6.07) is 11.7. The molecule has 0 heterocycles. The average molecular weight is 274 g/mol. The Kier molecular flexibility index (Phi) is 3.98. The summed E-state index contributed by atoms with van der Waals surface area (Å²) in [4.78, 5) is 0. The number of methoxy groups -OCH3 is 1. The fourth-order valence-electron chi connectivity index (χ4n) is 1.99. The third kappa shape index (κ3) is 3.29. The van der Waals surface area contributed by atoms with Crippen LogP contribution in [0, 0.1) is 5.82 Å². The monoisotopic (exact) mass is 274 g/mol. The Bertz CT molecular complexity index is 583. The van der Waals surface area contributed by atoms with Crippen molar-refractivity contribution in [3.05, 3.63) is 53.8 Å². The van der Waals surface area contributed by atoms with Crippen molar-refractivity contribution in [1.29, 1.82) is 0 Å². The summed E-state index contributed by atoms with van der Waals surface area (Å²) >= 11 is 0. The van der Waals surface area contributed by atoms with E-state index in [-0.39, 0.29) is 11.2 Å². The zero-order valence-electron chi connectivity index (χ0n) is 12.2. The standard InChI is InChI=1S/C17H19FO2/c1-17(2,3)15-10-9-14(11-16(15)19-4)20-13-7-5-12(18)6-8-13/h5-11H,1-4H3. The molecule has 0 unspecified atom stereocenters. The Balaban J connectivity index is 2.28. The fourth-order valence-corrected chi connectivity index (χ4v) is 1.99. The van der Waals surface area contributed by atoms with Crippen molar-refractivity contribution in [2.75, 3.05) is 7.11 Å². The molecule has 0 amide bonds. The van der Waals surface area contributed by atoms with Gasteiger partial charge in [0.25, 0.3) is 0 Å². The molecule has 2 aromatic carbocycles. The Morgan fingerprint density at radius 2 is 1.50 bits per heavy atom. The summed E-state index contributed by atoms with van der Waals surface area (Å²) in [7, 11) is 1.65. The van der Waals surface area contributed by atoms with Crippen LogP contribution < -0.4 is 9.47 Å². The lowest BCUT2D eigenvalue weighted by Gasteiger charge is -2.22. The SMILES string of the molecule is COc1cc(Oc2ccc(F)cc2)ccc1C(C)(C)C. The quantitative estimate of drug-likeness (QED) is 0.790. The van der Waals surface area contributed by atoms with E-state index in [1.165, 1.54) is 12.1 Å². The minimum atomic E-state index is -0.280. The highest BCUT2D eigenvalue weighted by Crippen LogP contribution is 2.35. The number of rotatable bonds is 3. The number of benzene rings is 2. The molecule has 0 atom stereocenters. The van der Waals surface area contributed by atoms with Crippen molar-refractivity contribution in [1.82, 2.24) is 0 Å². The molecule has 2 aromatic rings. The first-order chi connectivity index (χ1) is 9.40. The molecule has 0 spiro atoms. The zero-order chi connectivity index (χ0) is 14.8. The lowest BCUT2D eigenvalue weighted by Crippen LogP contribution is -2.12. The van der Waals surface area contributed by atoms with Crippen molar-refractivity contribution in [2.24, 2.45) is 0 Å². The predicted octanol–water partition coefficient (Wildman–Crippen LogP) is 4.92. The number of hydrogen-bond donors (Lipinski definition) is 0. The van der Waals surface area contributed by atoms with Crippen LogP contribution >= 0.6 is 0 Å². The second-order valence-electron chi connectivity index (χ2n) is 5.67. The predicted molar refractivity (Wildman–Crippen MR) is 78.2 cm³/mol. The first kappa shape index (κ1) is 14.4. The van der Waals surface area contributed by atoms with E-state index >= 15 is 0 Å². The summed E-state index contributed by atoms with van der Waals surface area (Å²) in [5.41, 5.74) is 1.12. The molecule has 0 aliphatic rings. The largest absolute Gasteiger partial charge is 0.496 e. The first-order valence-electron chi connectivity index (χ1n) is 6.52. The maximum Gasteiger partial charge on any atom is 0.131 e. The van der Waals surface area contributed by atoms with Gasteiger partial charge in [0.15, 0.2) is 0 Å². The van der Waals surface area contributed by atoms with Crippen molar-refractivity contribution < 1.29 is 13.9 Å². The van der Waals surface area contributed by atoms with Crippen molar-refractivity contribution in [3.63, 3.8) is 0 Å². The van der Waals surface area contributed by atoms with Gasteiger partial charge >= 0.3 is 0 Å². The topological polar surface area (TPSA) is 18.5 Å². The normalized spacial score (nSPS) is 11.2. The second-order valence-corrected chi connectivity index (χ2v) is 5.67.